The SMILES string of the molecule is Cc1cc(SC2COCCC2N)n(C)n1. The summed E-state index contributed by atoms with van der Waals surface area (Å²) in [5, 5.41) is 5.84. The highest BCUT2D eigenvalue weighted by Crippen LogP contribution is 2.28. The third-order valence-corrected chi connectivity index (χ3v) is 4.00. The van der Waals surface area contributed by atoms with E-state index in [-0.39, 0.29) is 6.04 Å². The molecule has 2 N–H and O–H groups in total. The molecule has 0 amide bonds. The van der Waals surface area contributed by atoms with Gasteiger partial charge in [0.1, 0.15) is 0 Å². The molecule has 1 aromatic heterocycles. The van der Waals surface area contributed by atoms with Gasteiger partial charge in [-0.05, 0) is 19.4 Å². The minimum Gasteiger partial charge on any atom is -0.380 e. The molecule has 84 valence electrons. The van der Waals surface area contributed by atoms with Crippen molar-refractivity contribution < 1.29 is 4.74 Å². The second kappa shape index (κ2) is 4.55. The average molecular weight is 227 g/mol. The summed E-state index contributed by atoms with van der Waals surface area (Å²) in [7, 11) is 1.96. The van der Waals surface area contributed by atoms with Crippen molar-refractivity contribution in [2.75, 3.05) is 13.2 Å². The van der Waals surface area contributed by atoms with Gasteiger partial charge in [0.05, 0.1) is 17.3 Å². The summed E-state index contributed by atoms with van der Waals surface area (Å²) >= 11 is 1.77. The molecule has 15 heavy (non-hydrogen) atoms. The molecule has 0 saturated carbocycles. The lowest BCUT2D eigenvalue weighted by Gasteiger charge is -2.27. The van der Waals surface area contributed by atoms with E-state index < -0.39 is 0 Å². The maximum atomic E-state index is 6.05. The summed E-state index contributed by atoms with van der Waals surface area (Å²) in [5.74, 6) is 0. The Kier molecular flexibility index (Phi) is 3.33. The zero-order valence-corrected chi connectivity index (χ0v) is 9.96. The molecule has 2 unspecified atom stereocenters. The van der Waals surface area contributed by atoms with Gasteiger partial charge in [0.2, 0.25) is 0 Å². The molecule has 1 aliphatic rings. The lowest BCUT2D eigenvalue weighted by atomic mass is 10.1. The average Bonchev–Trinajstić information content (AvgIpc) is 2.49. The normalized spacial score (nSPS) is 26.9. The minimum absolute atomic E-state index is 0.235. The van der Waals surface area contributed by atoms with Crippen molar-refractivity contribution in [3.63, 3.8) is 0 Å². The first kappa shape index (κ1) is 11.0. The summed E-state index contributed by atoms with van der Waals surface area (Å²) in [6, 6.07) is 2.32. The maximum absolute atomic E-state index is 6.05. The molecule has 2 atom stereocenters. The fourth-order valence-corrected chi connectivity index (χ4v) is 2.92. The Hall–Kier alpha value is -0.520. The Morgan fingerprint density at radius 1 is 1.67 bits per heavy atom. The van der Waals surface area contributed by atoms with Crippen LogP contribution < -0.4 is 5.73 Å². The van der Waals surface area contributed by atoms with E-state index in [1.807, 2.05) is 18.7 Å². The zero-order chi connectivity index (χ0) is 10.8. The van der Waals surface area contributed by atoms with Gasteiger partial charge < -0.3 is 10.5 Å². The molecular formula is C10H17N3OS. The summed E-state index contributed by atoms with van der Waals surface area (Å²) in [4.78, 5) is 0. The Morgan fingerprint density at radius 2 is 2.47 bits per heavy atom. The Morgan fingerprint density at radius 3 is 3.07 bits per heavy atom. The van der Waals surface area contributed by atoms with Crippen molar-refractivity contribution in [1.29, 1.82) is 0 Å². The smallest absolute Gasteiger partial charge is 0.0943 e. The van der Waals surface area contributed by atoms with Gasteiger partial charge in [-0.1, -0.05) is 11.8 Å². The predicted molar refractivity (Wildman–Crippen MR) is 61.0 cm³/mol. The Balaban J connectivity index is 2.04. The molecule has 0 bridgehead atoms. The van der Waals surface area contributed by atoms with Crippen LogP contribution in [0.25, 0.3) is 0 Å². The first-order valence-corrected chi connectivity index (χ1v) is 6.05. The molecule has 0 aromatic carbocycles. The van der Waals surface area contributed by atoms with Crippen LogP contribution in [0.4, 0.5) is 0 Å². The van der Waals surface area contributed by atoms with E-state index in [2.05, 4.69) is 11.2 Å². The van der Waals surface area contributed by atoms with Crippen LogP contribution in [0, 0.1) is 6.92 Å². The summed E-state index contributed by atoms with van der Waals surface area (Å²) < 4.78 is 7.34. The number of nitrogens with two attached hydrogens (primary N) is 1. The van der Waals surface area contributed by atoms with Gasteiger partial charge in [-0.3, -0.25) is 4.68 Å². The van der Waals surface area contributed by atoms with E-state index in [0.29, 0.717) is 5.25 Å². The number of ether oxygens (including phenoxy) is 1. The predicted octanol–water partition coefficient (Wildman–Crippen LogP) is 0.937. The lowest BCUT2D eigenvalue weighted by molar-refractivity contribution is 0.0915. The molecule has 5 heteroatoms. The van der Waals surface area contributed by atoms with Crippen LogP contribution in [-0.2, 0) is 11.8 Å². The zero-order valence-electron chi connectivity index (χ0n) is 9.14. The summed E-state index contributed by atoms with van der Waals surface area (Å²) in [6.45, 7) is 3.54. The number of nitrogens with zero attached hydrogens (tertiary/aromatic N) is 2. The second-order valence-corrected chi connectivity index (χ2v) is 5.19. The van der Waals surface area contributed by atoms with Gasteiger partial charge in [-0.2, -0.15) is 5.10 Å². The third kappa shape index (κ3) is 2.53. The molecule has 1 saturated heterocycles. The number of hydrogen-bond acceptors (Lipinski definition) is 4. The van der Waals surface area contributed by atoms with Crippen LogP contribution in [0.1, 0.15) is 12.1 Å². The monoisotopic (exact) mass is 227 g/mol. The molecule has 1 aromatic rings. The maximum Gasteiger partial charge on any atom is 0.0943 e. The molecule has 1 aliphatic heterocycles. The van der Waals surface area contributed by atoms with Crippen LogP contribution in [-0.4, -0.2) is 34.3 Å². The summed E-state index contributed by atoms with van der Waals surface area (Å²) in [5.41, 5.74) is 7.10. The fraction of sp³-hybridized carbons (Fsp3) is 0.700. The molecule has 0 aliphatic carbocycles. The van der Waals surface area contributed by atoms with E-state index in [0.717, 1.165) is 25.3 Å². The van der Waals surface area contributed by atoms with E-state index in [9.17, 15) is 0 Å². The minimum atomic E-state index is 0.235. The summed E-state index contributed by atoms with van der Waals surface area (Å²) in [6.07, 6.45) is 0.953. The lowest BCUT2D eigenvalue weighted by Crippen LogP contribution is -2.40. The van der Waals surface area contributed by atoms with Gasteiger partial charge in [-0.25, -0.2) is 0 Å². The van der Waals surface area contributed by atoms with Crippen molar-refractivity contribution in [2.45, 2.75) is 29.7 Å². The van der Waals surface area contributed by atoms with Crippen LogP contribution in [0.2, 0.25) is 0 Å². The van der Waals surface area contributed by atoms with Crippen LogP contribution in [0.15, 0.2) is 11.1 Å². The highest BCUT2D eigenvalue weighted by Gasteiger charge is 2.24. The van der Waals surface area contributed by atoms with Gasteiger partial charge in [0, 0.05) is 24.9 Å². The molecule has 4 nitrogen and oxygen atoms in total. The van der Waals surface area contributed by atoms with Crippen molar-refractivity contribution in [3.8, 4) is 0 Å². The Bertz CT molecular complexity index is 339. The largest absolute Gasteiger partial charge is 0.380 e. The standard InChI is InChI=1S/C10H17N3OS/c1-7-5-10(13(2)12-7)15-9-6-14-4-3-8(9)11/h5,8-9H,3-4,6,11H2,1-2H3. The molecule has 0 radical (unpaired) electrons. The highest BCUT2D eigenvalue weighted by atomic mass is 32.2. The van der Waals surface area contributed by atoms with E-state index >= 15 is 0 Å². The fourth-order valence-electron chi connectivity index (χ4n) is 1.70. The first-order valence-electron chi connectivity index (χ1n) is 5.17. The molecular weight excluding hydrogens is 210 g/mol. The third-order valence-electron chi connectivity index (χ3n) is 2.59. The van der Waals surface area contributed by atoms with Crippen molar-refractivity contribution in [2.24, 2.45) is 12.8 Å². The van der Waals surface area contributed by atoms with E-state index in [1.165, 1.54) is 5.03 Å². The van der Waals surface area contributed by atoms with E-state index in [1.54, 1.807) is 11.8 Å². The van der Waals surface area contributed by atoms with Gasteiger partial charge in [0.25, 0.3) is 0 Å². The Labute approximate surface area is 94.2 Å². The molecule has 2 rings (SSSR count). The quantitative estimate of drug-likeness (QED) is 0.817. The highest BCUT2D eigenvalue weighted by molar-refractivity contribution is 8.00. The number of aromatic nitrogens is 2. The van der Waals surface area contributed by atoms with Crippen molar-refractivity contribution in [3.05, 3.63) is 11.8 Å². The molecule has 2 heterocycles. The van der Waals surface area contributed by atoms with Crippen LogP contribution in [0.3, 0.4) is 0 Å². The van der Waals surface area contributed by atoms with Crippen LogP contribution >= 0.6 is 11.8 Å². The number of hydrogen-bond donors (Lipinski definition) is 1. The first-order chi connectivity index (χ1) is 7.16. The van der Waals surface area contributed by atoms with Gasteiger partial charge in [0.15, 0.2) is 0 Å². The van der Waals surface area contributed by atoms with Crippen molar-refractivity contribution >= 4 is 11.8 Å². The van der Waals surface area contributed by atoms with Gasteiger partial charge >= 0.3 is 0 Å². The number of rotatable bonds is 2. The second-order valence-electron chi connectivity index (χ2n) is 3.93. The molecule has 0 spiro atoms. The van der Waals surface area contributed by atoms with E-state index in [4.69, 9.17) is 10.5 Å². The molecule has 1 fully saturated rings. The number of thioether (sulfide) groups is 1. The number of aryl methyl sites for hydroxylation is 2. The van der Waals surface area contributed by atoms with Crippen LogP contribution in [0.5, 0.6) is 0 Å². The van der Waals surface area contributed by atoms with Crippen molar-refractivity contribution in [1.82, 2.24) is 9.78 Å². The topological polar surface area (TPSA) is 53.1 Å². The van der Waals surface area contributed by atoms with Gasteiger partial charge in [-0.15, -0.1) is 0 Å².